The van der Waals surface area contributed by atoms with E-state index in [1.54, 1.807) is 0 Å². The number of hydrogen-bond acceptors (Lipinski definition) is 3. The highest BCUT2D eigenvalue weighted by atomic mass is 16.3. The van der Waals surface area contributed by atoms with Crippen LogP contribution in [0, 0.1) is 13.8 Å². The van der Waals surface area contributed by atoms with Gasteiger partial charge in [-0.15, -0.1) is 0 Å². The SMILES string of the molecule is CCCNC(C)(CO)CN(C)c1cc(C)cc(C)c1. The van der Waals surface area contributed by atoms with Crippen molar-refractivity contribution in [2.45, 2.75) is 39.7 Å². The third kappa shape index (κ3) is 4.84. The summed E-state index contributed by atoms with van der Waals surface area (Å²) in [5.41, 5.74) is 3.49. The number of rotatable bonds is 7. The monoisotopic (exact) mass is 264 g/mol. The summed E-state index contributed by atoms with van der Waals surface area (Å²) in [6, 6.07) is 6.55. The lowest BCUT2D eigenvalue weighted by Gasteiger charge is -2.34. The Morgan fingerprint density at radius 1 is 1.21 bits per heavy atom. The van der Waals surface area contributed by atoms with Crippen LogP contribution in [0.25, 0.3) is 0 Å². The lowest BCUT2D eigenvalue weighted by atomic mass is 10.0. The normalized spacial score (nSPS) is 14.2. The average molecular weight is 264 g/mol. The molecule has 0 aliphatic rings. The highest BCUT2D eigenvalue weighted by Gasteiger charge is 2.24. The Morgan fingerprint density at radius 2 is 1.79 bits per heavy atom. The number of aryl methyl sites for hydroxylation is 2. The minimum absolute atomic E-state index is 0.141. The van der Waals surface area contributed by atoms with Crippen LogP contribution in [-0.2, 0) is 0 Å². The molecule has 108 valence electrons. The number of likely N-dealkylation sites (N-methyl/N-ethyl adjacent to an activating group) is 1. The molecule has 0 saturated carbocycles. The molecule has 1 aromatic rings. The van der Waals surface area contributed by atoms with E-state index in [0.717, 1.165) is 19.5 Å². The van der Waals surface area contributed by atoms with Gasteiger partial charge in [0.25, 0.3) is 0 Å². The second-order valence-electron chi connectivity index (χ2n) is 5.85. The quantitative estimate of drug-likeness (QED) is 0.794. The molecule has 0 radical (unpaired) electrons. The summed E-state index contributed by atoms with van der Waals surface area (Å²) in [5, 5.41) is 13.1. The lowest BCUT2D eigenvalue weighted by molar-refractivity contribution is 0.179. The number of anilines is 1. The van der Waals surface area contributed by atoms with Gasteiger partial charge in [-0.3, -0.25) is 0 Å². The number of benzene rings is 1. The smallest absolute Gasteiger partial charge is 0.0627 e. The van der Waals surface area contributed by atoms with Crippen LogP contribution in [0.15, 0.2) is 18.2 Å². The van der Waals surface area contributed by atoms with E-state index in [4.69, 9.17) is 0 Å². The molecule has 0 aliphatic heterocycles. The predicted molar refractivity (Wildman–Crippen MR) is 83.0 cm³/mol. The highest BCUT2D eigenvalue weighted by molar-refractivity contribution is 5.50. The third-order valence-corrected chi connectivity index (χ3v) is 3.38. The molecule has 2 N–H and O–H groups in total. The molecule has 0 saturated heterocycles. The van der Waals surface area contributed by atoms with Gasteiger partial charge in [-0.2, -0.15) is 0 Å². The molecular weight excluding hydrogens is 236 g/mol. The first kappa shape index (κ1) is 16.0. The molecule has 3 heteroatoms. The maximum absolute atomic E-state index is 9.63. The zero-order valence-corrected chi connectivity index (χ0v) is 13.0. The molecule has 0 amide bonds. The molecule has 0 aromatic heterocycles. The summed E-state index contributed by atoms with van der Waals surface area (Å²) >= 11 is 0. The van der Waals surface area contributed by atoms with Crippen LogP contribution in [0.5, 0.6) is 0 Å². The fourth-order valence-corrected chi connectivity index (χ4v) is 2.37. The van der Waals surface area contributed by atoms with Crippen molar-refractivity contribution >= 4 is 5.69 Å². The molecule has 3 nitrogen and oxygen atoms in total. The molecule has 0 heterocycles. The topological polar surface area (TPSA) is 35.5 Å². The van der Waals surface area contributed by atoms with E-state index in [1.165, 1.54) is 16.8 Å². The molecule has 1 unspecified atom stereocenters. The van der Waals surface area contributed by atoms with E-state index in [9.17, 15) is 5.11 Å². The van der Waals surface area contributed by atoms with Crippen molar-refractivity contribution in [3.05, 3.63) is 29.3 Å². The van der Waals surface area contributed by atoms with Gasteiger partial charge in [-0.25, -0.2) is 0 Å². The Bertz CT molecular complexity index is 385. The van der Waals surface area contributed by atoms with Crippen LogP contribution < -0.4 is 10.2 Å². The maximum atomic E-state index is 9.63. The summed E-state index contributed by atoms with van der Waals surface area (Å²) in [6.07, 6.45) is 1.07. The number of hydrogen-bond donors (Lipinski definition) is 2. The molecule has 1 atom stereocenters. The van der Waals surface area contributed by atoms with Crippen LogP contribution in [0.1, 0.15) is 31.4 Å². The Hall–Kier alpha value is -1.06. The Morgan fingerprint density at radius 3 is 2.26 bits per heavy atom. The second kappa shape index (κ2) is 6.92. The van der Waals surface area contributed by atoms with Crippen LogP contribution in [0.4, 0.5) is 5.69 Å². The summed E-state index contributed by atoms with van der Waals surface area (Å²) in [4.78, 5) is 2.21. The minimum atomic E-state index is -0.261. The van der Waals surface area contributed by atoms with Crippen molar-refractivity contribution in [1.82, 2.24) is 5.32 Å². The van der Waals surface area contributed by atoms with Crippen molar-refractivity contribution < 1.29 is 5.11 Å². The van der Waals surface area contributed by atoms with E-state index in [2.05, 4.69) is 63.2 Å². The summed E-state index contributed by atoms with van der Waals surface area (Å²) < 4.78 is 0. The standard InChI is InChI=1S/C16H28N2O/c1-6-7-17-16(4,12-19)11-18(5)15-9-13(2)8-14(3)10-15/h8-10,17,19H,6-7,11-12H2,1-5H3. The van der Waals surface area contributed by atoms with Gasteiger partial charge in [0.2, 0.25) is 0 Å². The second-order valence-corrected chi connectivity index (χ2v) is 5.85. The molecule has 0 fully saturated rings. The van der Waals surface area contributed by atoms with Crippen LogP contribution in [0.3, 0.4) is 0 Å². The van der Waals surface area contributed by atoms with Gasteiger partial charge in [0, 0.05) is 19.3 Å². The van der Waals surface area contributed by atoms with E-state index in [-0.39, 0.29) is 12.1 Å². The third-order valence-electron chi connectivity index (χ3n) is 3.38. The van der Waals surface area contributed by atoms with Crippen molar-refractivity contribution in [2.75, 3.05) is 31.6 Å². The Kier molecular flexibility index (Phi) is 5.83. The molecule has 1 rings (SSSR count). The van der Waals surface area contributed by atoms with Gasteiger partial charge in [0.1, 0.15) is 0 Å². The number of aliphatic hydroxyl groups is 1. The van der Waals surface area contributed by atoms with Gasteiger partial charge < -0.3 is 15.3 Å². The fraction of sp³-hybridized carbons (Fsp3) is 0.625. The van der Waals surface area contributed by atoms with Gasteiger partial charge >= 0.3 is 0 Å². The molecule has 19 heavy (non-hydrogen) atoms. The average Bonchev–Trinajstić information content (AvgIpc) is 2.35. The molecule has 1 aromatic carbocycles. The Balaban J connectivity index is 2.78. The van der Waals surface area contributed by atoms with Crippen LogP contribution in [-0.4, -0.2) is 37.4 Å². The fourth-order valence-electron chi connectivity index (χ4n) is 2.37. The van der Waals surface area contributed by atoms with Gasteiger partial charge in [-0.05, 0) is 57.0 Å². The van der Waals surface area contributed by atoms with Gasteiger partial charge in [-0.1, -0.05) is 13.0 Å². The highest BCUT2D eigenvalue weighted by Crippen LogP contribution is 2.19. The molecular formula is C16H28N2O. The van der Waals surface area contributed by atoms with E-state index >= 15 is 0 Å². The zero-order valence-electron chi connectivity index (χ0n) is 13.0. The maximum Gasteiger partial charge on any atom is 0.0627 e. The molecule has 0 aliphatic carbocycles. The first-order valence-electron chi connectivity index (χ1n) is 7.05. The van der Waals surface area contributed by atoms with Gasteiger partial charge in [0.15, 0.2) is 0 Å². The minimum Gasteiger partial charge on any atom is -0.394 e. The zero-order chi connectivity index (χ0) is 14.5. The Labute approximate surface area is 117 Å². The lowest BCUT2D eigenvalue weighted by Crippen LogP contribution is -2.53. The predicted octanol–water partition coefficient (Wildman–Crippen LogP) is 2.49. The number of nitrogens with zero attached hydrogens (tertiary/aromatic N) is 1. The summed E-state index contributed by atoms with van der Waals surface area (Å²) in [5.74, 6) is 0. The number of aliphatic hydroxyl groups excluding tert-OH is 1. The largest absolute Gasteiger partial charge is 0.394 e. The van der Waals surface area contributed by atoms with E-state index in [1.807, 2.05) is 0 Å². The van der Waals surface area contributed by atoms with Crippen molar-refractivity contribution in [3.63, 3.8) is 0 Å². The van der Waals surface area contributed by atoms with E-state index < -0.39 is 0 Å². The molecule has 0 spiro atoms. The molecule has 0 bridgehead atoms. The van der Waals surface area contributed by atoms with Crippen molar-refractivity contribution in [1.29, 1.82) is 0 Å². The van der Waals surface area contributed by atoms with Crippen molar-refractivity contribution in [3.8, 4) is 0 Å². The summed E-state index contributed by atoms with van der Waals surface area (Å²) in [7, 11) is 2.08. The van der Waals surface area contributed by atoms with Gasteiger partial charge in [0.05, 0.1) is 12.1 Å². The first-order valence-corrected chi connectivity index (χ1v) is 7.05. The van der Waals surface area contributed by atoms with Crippen molar-refractivity contribution in [2.24, 2.45) is 0 Å². The number of nitrogens with one attached hydrogen (secondary N) is 1. The first-order chi connectivity index (χ1) is 8.90. The summed E-state index contributed by atoms with van der Waals surface area (Å²) in [6.45, 7) is 10.3. The van der Waals surface area contributed by atoms with Crippen LogP contribution in [0.2, 0.25) is 0 Å². The van der Waals surface area contributed by atoms with E-state index in [0.29, 0.717) is 0 Å². The van der Waals surface area contributed by atoms with Crippen LogP contribution >= 0.6 is 0 Å².